The average Bonchev–Trinajstić information content (AvgIpc) is 2.58. The van der Waals surface area contributed by atoms with E-state index in [9.17, 15) is 9.18 Å². The van der Waals surface area contributed by atoms with Crippen molar-refractivity contribution in [2.45, 2.75) is 6.10 Å². The molecule has 5 nitrogen and oxygen atoms in total. The number of benzene rings is 2. The van der Waals surface area contributed by atoms with Gasteiger partial charge in [0.15, 0.2) is 18.1 Å². The molecule has 0 saturated heterocycles. The van der Waals surface area contributed by atoms with Crippen LogP contribution >= 0.6 is 0 Å². The number of fused-ring (bicyclic) bond motifs is 1. The summed E-state index contributed by atoms with van der Waals surface area (Å²) in [5.41, 5.74) is 0. The van der Waals surface area contributed by atoms with E-state index >= 15 is 0 Å². The predicted octanol–water partition coefficient (Wildman–Crippen LogP) is 2.16. The highest BCUT2D eigenvalue weighted by atomic mass is 19.1. The minimum Gasteiger partial charge on any atom is -0.486 e. The number of nitrogens with one attached hydrogen (secondary N) is 1. The average molecular weight is 317 g/mol. The molecule has 0 aromatic heterocycles. The number of hydrogen-bond donors (Lipinski definition) is 1. The molecule has 0 aliphatic carbocycles. The largest absolute Gasteiger partial charge is 0.486 e. The van der Waals surface area contributed by atoms with Crippen molar-refractivity contribution in [2.24, 2.45) is 0 Å². The third kappa shape index (κ3) is 4.12. The Balaban J connectivity index is 1.43. The number of rotatable bonds is 5. The van der Waals surface area contributed by atoms with Crippen molar-refractivity contribution in [1.82, 2.24) is 5.32 Å². The van der Waals surface area contributed by atoms with Crippen LogP contribution in [0.4, 0.5) is 4.39 Å². The summed E-state index contributed by atoms with van der Waals surface area (Å²) in [4.78, 5) is 11.8. The highest BCUT2D eigenvalue weighted by molar-refractivity contribution is 5.77. The van der Waals surface area contributed by atoms with Crippen molar-refractivity contribution in [3.63, 3.8) is 0 Å². The molecule has 1 aliphatic rings. The summed E-state index contributed by atoms with van der Waals surface area (Å²) < 4.78 is 29.5. The number of halogens is 1. The Morgan fingerprint density at radius 2 is 2.04 bits per heavy atom. The Hall–Kier alpha value is -2.76. The van der Waals surface area contributed by atoms with E-state index in [1.54, 1.807) is 6.07 Å². The SMILES string of the molecule is O=C(COc1cccc(F)c1)NC[C@@H]1COc2ccccc2O1. The van der Waals surface area contributed by atoms with Gasteiger partial charge in [-0.05, 0) is 24.3 Å². The predicted molar refractivity (Wildman–Crippen MR) is 81.3 cm³/mol. The van der Waals surface area contributed by atoms with Gasteiger partial charge in [0, 0.05) is 6.07 Å². The van der Waals surface area contributed by atoms with Gasteiger partial charge in [-0.1, -0.05) is 18.2 Å². The van der Waals surface area contributed by atoms with E-state index in [1.807, 2.05) is 24.3 Å². The number of para-hydroxylation sites is 2. The summed E-state index contributed by atoms with van der Waals surface area (Å²) in [6.45, 7) is 0.481. The van der Waals surface area contributed by atoms with Crippen molar-refractivity contribution in [3.8, 4) is 17.2 Å². The minimum absolute atomic E-state index is 0.187. The van der Waals surface area contributed by atoms with Crippen molar-refractivity contribution >= 4 is 5.91 Å². The molecule has 0 unspecified atom stereocenters. The van der Waals surface area contributed by atoms with Gasteiger partial charge in [0.25, 0.3) is 5.91 Å². The quantitative estimate of drug-likeness (QED) is 0.918. The van der Waals surface area contributed by atoms with E-state index in [-0.39, 0.29) is 18.6 Å². The van der Waals surface area contributed by atoms with Crippen molar-refractivity contribution in [2.75, 3.05) is 19.8 Å². The van der Waals surface area contributed by atoms with Gasteiger partial charge < -0.3 is 19.5 Å². The van der Waals surface area contributed by atoms with E-state index in [1.165, 1.54) is 18.2 Å². The molecule has 3 rings (SSSR count). The molecule has 1 atom stereocenters. The first-order valence-corrected chi connectivity index (χ1v) is 7.24. The lowest BCUT2D eigenvalue weighted by Crippen LogP contribution is -2.42. The lowest BCUT2D eigenvalue weighted by Gasteiger charge is -2.26. The fourth-order valence-corrected chi connectivity index (χ4v) is 2.15. The Bertz CT molecular complexity index is 692. The first kappa shape index (κ1) is 15.1. The van der Waals surface area contributed by atoms with E-state index in [0.29, 0.717) is 30.4 Å². The second-order valence-corrected chi connectivity index (χ2v) is 5.05. The molecule has 120 valence electrons. The zero-order chi connectivity index (χ0) is 16.1. The Morgan fingerprint density at radius 3 is 2.87 bits per heavy atom. The summed E-state index contributed by atoms with van der Waals surface area (Å²) in [5.74, 6) is 0.955. The fourth-order valence-electron chi connectivity index (χ4n) is 2.15. The van der Waals surface area contributed by atoms with Crippen LogP contribution in [0.5, 0.6) is 17.2 Å². The second-order valence-electron chi connectivity index (χ2n) is 5.05. The van der Waals surface area contributed by atoms with E-state index in [0.717, 1.165) is 0 Å². The lowest BCUT2D eigenvalue weighted by atomic mass is 10.2. The zero-order valence-corrected chi connectivity index (χ0v) is 12.3. The number of carbonyl (C=O) groups is 1. The molecule has 2 aromatic rings. The van der Waals surface area contributed by atoms with Crippen LogP contribution in [0, 0.1) is 5.82 Å². The maximum atomic E-state index is 13.0. The van der Waals surface area contributed by atoms with Crippen molar-refractivity contribution < 1.29 is 23.4 Å². The normalized spacial score (nSPS) is 15.8. The molecule has 0 spiro atoms. The molecule has 2 aromatic carbocycles. The Morgan fingerprint density at radius 1 is 1.22 bits per heavy atom. The smallest absolute Gasteiger partial charge is 0.258 e. The highest BCUT2D eigenvalue weighted by Crippen LogP contribution is 2.30. The molecule has 0 saturated carbocycles. The minimum atomic E-state index is -0.408. The maximum Gasteiger partial charge on any atom is 0.258 e. The number of hydrogen-bond acceptors (Lipinski definition) is 4. The van der Waals surface area contributed by atoms with Crippen LogP contribution in [0.2, 0.25) is 0 Å². The van der Waals surface area contributed by atoms with E-state index in [4.69, 9.17) is 14.2 Å². The molecule has 0 fully saturated rings. The molecule has 1 amide bonds. The molecule has 0 radical (unpaired) electrons. The van der Waals surface area contributed by atoms with Crippen LogP contribution in [-0.4, -0.2) is 31.8 Å². The van der Waals surface area contributed by atoms with Gasteiger partial charge >= 0.3 is 0 Å². The van der Waals surface area contributed by atoms with Gasteiger partial charge in [-0.15, -0.1) is 0 Å². The first-order valence-electron chi connectivity index (χ1n) is 7.24. The van der Waals surface area contributed by atoms with Gasteiger partial charge in [-0.25, -0.2) is 4.39 Å². The monoisotopic (exact) mass is 317 g/mol. The van der Waals surface area contributed by atoms with Crippen LogP contribution in [0.25, 0.3) is 0 Å². The molecule has 6 heteroatoms. The van der Waals surface area contributed by atoms with Crippen LogP contribution in [0.15, 0.2) is 48.5 Å². The van der Waals surface area contributed by atoms with Gasteiger partial charge in [0.2, 0.25) is 0 Å². The van der Waals surface area contributed by atoms with Gasteiger partial charge in [0.05, 0.1) is 6.54 Å². The Labute approximate surface area is 133 Å². The van der Waals surface area contributed by atoms with Crippen LogP contribution in [-0.2, 0) is 4.79 Å². The third-order valence-corrected chi connectivity index (χ3v) is 3.26. The lowest BCUT2D eigenvalue weighted by molar-refractivity contribution is -0.123. The number of carbonyl (C=O) groups excluding carboxylic acids is 1. The summed E-state index contributed by atoms with van der Waals surface area (Å²) in [5, 5.41) is 2.71. The number of ether oxygens (including phenoxy) is 3. The third-order valence-electron chi connectivity index (χ3n) is 3.26. The molecule has 0 bridgehead atoms. The zero-order valence-electron chi connectivity index (χ0n) is 12.3. The van der Waals surface area contributed by atoms with Crippen molar-refractivity contribution in [1.29, 1.82) is 0 Å². The summed E-state index contributed by atoms with van der Waals surface area (Å²) >= 11 is 0. The van der Waals surface area contributed by atoms with Crippen molar-refractivity contribution in [3.05, 3.63) is 54.3 Å². The summed E-state index contributed by atoms with van der Waals surface area (Å²) in [6, 6.07) is 13.0. The van der Waals surface area contributed by atoms with E-state index < -0.39 is 5.82 Å². The molecule has 1 N–H and O–H groups in total. The topological polar surface area (TPSA) is 56.8 Å². The van der Waals surface area contributed by atoms with Gasteiger partial charge in [-0.3, -0.25) is 4.79 Å². The highest BCUT2D eigenvalue weighted by Gasteiger charge is 2.21. The van der Waals surface area contributed by atoms with Crippen LogP contribution in [0.3, 0.4) is 0 Å². The molecule has 1 aliphatic heterocycles. The van der Waals surface area contributed by atoms with Gasteiger partial charge in [0.1, 0.15) is 24.3 Å². The van der Waals surface area contributed by atoms with Crippen LogP contribution in [0.1, 0.15) is 0 Å². The standard InChI is InChI=1S/C17H16FNO4/c18-12-4-3-5-13(8-12)21-11-17(20)19-9-14-10-22-15-6-1-2-7-16(15)23-14/h1-8,14H,9-11H2,(H,19,20)/t14-/m1/s1. The molecular formula is C17H16FNO4. The molecule has 23 heavy (non-hydrogen) atoms. The Kier molecular flexibility index (Phi) is 4.61. The maximum absolute atomic E-state index is 13.0. The summed E-state index contributed by atoms with van der Waals surface area (Å²) in [6.07, 6.45) is -0.261. The molecular weight excluding hydrogens is 301 g/mol. The molecule has 1 heterocycles. The first-order chi connectivity index (χ1) is 11.2. The number of amides is 1. The summed E-state index contributed by atoms with van der Waals surface area (Å²) in [7, 11) is 0. The fraction of sp³-hybridized carbons (Fsp3) is 0.235. The van der Waals surface area contributed by atoms with Gasteiger partial charge in [-0.2, -0.15) is 0 Å². The van der Waals surface area contributed by atoms with Crippen LogP contribution < -0.4 is 19.5 Å². The van der Waals surface area contributed by atoms with E-state index in [2.05, 4.69) is 5.32 Å². The second kappa shape index (κ2) is 7.00.